The van der Waals surface area contributed by atoms with E-state index in [1.165, 1.54) is 12.3 Å². The van der Waals surface area contributed by atoms with Crippen LogP contribution in [0.4, 0.5) is 5.69 Å². The zero-order valence-corrected chi connectivity index (χ0v) is 13.2. The van der Waals surface area contributed by atoms with Crippen molar-refractivity contribution in [2.45, 2.75) is 13.8 Å². The Morgan fingerprint density at radius 2 is 1.78 bits per heavy atom. The largest absolute Gasteiger partial charge is 0.462 e. The Morgan fingerprint density at radius 1 is 1.09 bits per heavy atom. The summed E-state index contributed by atoms with van der Waals surface area (Å²) < 4.78 is 5.01. The van der Waals surface area contributed by atoms with Crippen LogP contribution in [0.15, 0.2) is 60.8 Å². The molecule has 0 aliphatic rings. The molecule has 0 bridgehead atoms. The van der Waals surface area contributed by atoms with E-state index >= 15 is 0 Å². The van der Waals surface area contributed by atoms with Crippen molar-refractivity contribution in [1.82, 2.24) is 0 Å². The highest BCUT2D eigenvalue weighted by atomic mass is 16.5. The van der Waals surface area contributed by atoms with Crippen LogP contribution in [-0.4, -0.2) is 18.4 Å². The summed E-state index contributed by atoms with van der Waals surface area (Å²) in [5.41, 5.74) is 2.75. The maximum absolute atomic E-state index is 12.0. The summed E-state index contributed by atoms with van der Waals surface area (Å²) in [5.74, 6) is -0.500. The number of rotatable bonds is 6. The van der Waals surface area contributed by atoms with Crippen LogP contribution in [0.5, 0.6) is 0 Å². The number of ketones is 1. The Balaban J connectivity index is 2.07. The number of allylic oxidation sites excluding steroid dienone is 1. The van der Waals surface area contributed by atoms with Crippen LogP contribution in [0.2, 0.25) is 0 Å². The molecule has 4 heteroatoms. The molecule has 2 rings (SSSR count). The molecule has 0 unspecified atom stereocenters. The highest BCUT2D eigenvalue weighted by Gasteiger charge is 2.10. The maximum Gasteiger partial charge on any atom is 0.340 e. The van der Waals surface area contributed by atoms with Gasteiger partial charge < -0.3 is 10.1 Å². The molecular weight excluding hydrogens is 290 g/mol. The summed E-state index contributed by atoms with van der Waals surface area (Å²) in [6.45, 7) is 4.04. The molecular formula is C19H19NO3. The van der Waals surface area contributed by atoms with Crippen molar-refractivity contribution in [2.24, 2.45) is 0 Å². The summed E-state index contributed by atoms with van der Waals surface area (Å²) >= 11 is 0. The molecule has 0 aliphatic carbocycles. The van der Waals surface area contributed by atoms with Crippen LogP contribution in [0.25, 0.3) is 0 Å². The minimum absolute atomic E-state index is 0.105. The van der Waals surface area contributed by atoms with Gasteiger partial charge >= 0.3 is 5.97 Å². The first-order valence-electron chi connectivity index (χ1n) is 7.42. The molecule has 2 aromatic rings. The molecule has 4 nitrogen and oxygen atoms in total. The number of carbonyl (C=O) groups excluding carboxylic acids is 2. The molecule has 0 aromatic heterocycles. The first kappa shape index (κ1) is 16.5. The second-order valence-electron chi connectivity index (χ2n) is 4.97. The number of esters is 1. The Hall–Kier alpha value is -2.88. The lowest BCUT2D eigenvalue weighted by molar-refractivity contribution is 0.0527. The summed E-state index contributed by atoms with van der Waals surface area (Å²) in [6.07, 6.45) is 2.97. The molecule has 0 heterocycles. The summed E-state index contributed by atoms with van der Waals surface area (Å²) in [5, 5.41) is 2.96. The number of carbonyl (C=O) groups is 2. The lowest BCUT2D eigenvalue weighted by Crippen LogP contribution is -2.07. The molecule has 0 fully saturated rings. The van der Waals surface area contributed by atoms with E-state index in [2.05, 4.69) is 5.32 Å². The van der Waals surface area contributed by atoms with Gasteiger partial charge in [-0.25, -0.2) is 4.79 Å². The van der Waals surface area contributed by atoms with Crippen molar-refractivity contribution >= 4 is 17.4 Å². The average Bonchev–Trinajstić information content (AvgIpc) is 2.56. The third kappa shape index (κ3) is 4.54. The number of aryl methyl sites for hydroxylation is 1. The van der Waals surface area contributed by atoms with Gasteiger partial charge in [0.25, 0.3) is 0 Å². The fourth-order valence-corrected chi connectivity index (χ4v) is 2.02. The van der Waals surface area contributed by atoms with Crippen molar-refractivity contribution in [3.8, 4) is 0 Å². The molecule has 0 saturated carbocycles. The monoisotopic (exact) mass is 309 g/mol. The molecule has 2 aromatic carbocycles. The Morgan fingerprint density at radius 3 is 2.48 bits per heavy atom. The molecule has 0 saturated heterocycles. The number of hydrogen-bond donors (Lipinski definition) is 1. The lowest BCUT2D eigenvalue weighted by atomic mass is 10.1. The Labute approximate surface area is 135 Å². The minimum atomic E-state index is -0.395. The van der Waals surface area contributed by atoms with Gasteiger partial charge in [-0.2, -0.15) is 0 Å². The van der Waals surface area contributed by atoms with E-state index in [-0.39, 0.29) is 5.78 Å². The van der Waals surface area contributed by atoms with Crippen LogP contribution < -0.4 is 5.32 Å². The molecule has 1 N–H and O–H groups in total. The van der Waals surface area contributed by atoms with Crippen LogP contribution in [0.3, 0.4) is 0 Å². The standard InChI is InChI=1S/C19H19NO3/c1-3-23-19(22)16-6-4-5-7-17(16)20-13-12-18(21)15-10-8-14(2)9-11-15/h4-13,20H,3H2,1-2H3/b13-12+. The van der Waals surface area contributed by atoms with Gasteiger partial charge in [-0.15, -0.1) is 0 Å². The van der Waals surface area contributed by atoms with Gasteiger partial charge in [0.2, 0.25) is 0 Å². The number of anilines is 1. The fraction of sp³-hybridized carbons (Fsp3) is 0.158. The summed E-state index contributed by atoms with van der Waals surface area (Å²) in [7, 11) is 0. The van der Waals surface area contributed by atoms with E-state index in [1.54, 1.807) is 43.3 Å². The van der Waals surface area contributed by atoms with Gasteiger partial charge in [0.05, 0.1) is 17.9 Å². The number of ether oxygens (including phenoxy) is 1. The normalized spacial score (nSPS) is 10.5. The first-order chi connectivity index (χ1) is 11.1. The van der Waals surface area contributed by atoms with Gasteiger partial charge in [-0.3, -0.25) is 4.79 Å². The number of hydrogen-bond acceptors (Lipinski definition) is 4. The van der Waals surface area contributed by atoms with Crippen LogP contribution in [0, 0.1) is 6.92 Å². The van der Waals surface area contributed by atoms with Gasteiger partial charge in [0, 0.05) is 17.8 Å². The second kappa shape index (κ2) is 7.94. The molecule has 0 aliphatic heterocycles. The van der Waals surface area contributed by atoms with Gasteiger partial charge in [0.1, 0.15) is 0 Å². The third-order valence-electron chi connectivity index (χ3n) is 3.23. The van der Waals surface area contributed by atoms with Gasteiger partial charge in [-0.05, 0) is 26.0 Å². The Kier molecular flexibility index (Phi) is 5.69. The number of nitrogens with one attached hydrogen (secondary N) is 1. The van der Waals surface area contributed by atoms with E-state index in [0.29, 0.717) is 23.4 Å². The van der Waals surface area contributed by atoms with Crippen LogP contribution in [0.1, 0.15) is 33.2 Å². The number of para-hydroxylation sites is 1. The predicted octanol–water partition coefficient (Wildman–Crippen LogP) is 3.98. The average molecular weight is 309 g/mol. The van der Waals surface area contributed by atoms with Gasteiger partial charge in [-0.1, -0.05) is 42.0 Å². The van der Waals surface area contributed by atoms with Crippen LogP contribution >= 0.6 is 0 Å². The second-order valence-corrected chi connectivity index (χ2v) is 4.97. The molecule has 118 valence electrons. The smallest absolute Gasteiger partial charge is 0.340 e. The highest BCUT2D eigenvalue weighted by molar-refractivity contribution is 6.04. The quantitative estimate of drug-likeness (QED) is 0.498. The van der Waals surface area contributed by atoms with E-state index in [9.17, 15) is 9.59 Å². The molecule has 0 spiro atoms. The summed E-state index contributed by atoms with van der Waals surface area (Å²) in [6, 6.07) is 14.4. The third-order valence-corrected chi connectivity index (χ3v) is 3.23. The molecule has 0 radical (unpaired) electrons. The topological polar surface area (TPSA) is 55.4 Å². The molecule has 0 atom stereocenters. The lowest BCUT2D eigenvalue weighted by Gasteiger charge is -2.08. The minimum Gasteiger partial charge on any atom is -0.462 e. The molecule has 23 heavy (non-hydrogen) atoms. The SMILES string of the molecule is CCOC(=O)c1ccccc1N/C=C/C(=O)c1ccc(C)cc1. The van der Waals surface area contributed by atoms with Crippen molar-refractivity contribution in [3.63, 3.8) is 0 Å². The fourth-order valence-electron chi connectivity index (χ4n) is 2.02. The summed E-state index contributed by atoms with van der Waals surface area (Å²) in [4.78, 5) is 23.9. The van der Waals surface area contributed by atoms with E-state index in [4.69, 9.17) is 4.74 Å². The maximum atomic E-state index is 12.0. The first-order valence-corrected chi connectivity index (χ1v) is 7.42. The van der Waals surface area contributed by atoms with Crippen LogP contribution in [-0.2, 0) is 4.74 Å². The highest BCUT2D eigenvalue weighted by Crippen LogP contribution is 2.16. The van der Waals surface area contributed by atoms with Gasteiger partial charge in [0.15, 0.2) is 5.78 Å². The zero-order valence-electron chi connectivity index (χ0n) is 13.2. The van der Waals surface area contributed by atoms with Crippen molar-refractivity contribution in [2.75, 3.05) is 11.9 Å². The molecule has 0 amide bonds. The van der Waals surface area contributed by atoms with E-state index in [1.807, 2.05) is 19.1 Å². The van der Waals surface area contributed by atoms with Crippen molar-refractivity contribution in [3.05, 3.63) is 77.5 Å². The number of benzene rings is 2. The Bertz CT molecular complexity index is 718. The van der Waals surface area contributed by atoms with E-state index in [0.717, 1.165) is 5.56 Å². The van der Waals surface area contributed by atoms with Crippen molar-refractivity contribution in [1.29, 1.82) is 0 Å². The van der Waals surface area contributed by atoms with E-state index < -0.39 is 5.97 Å². The predicted molar refractivity (Wildman–Crippen MR) is 90.7 cm³/mol. The van der Waals surface area contributed by atoms with Crippen molar-refractivity contribution < 1.29 is 14.3 Å². The zero-order chi connectivity index (χ0) is 16.7.